The van der Waals surface area contributed by atoms with Gasteiger partial charge in [-0.25, -0.2) is 0 Å². The highest BCUT2D eigenvalue weighted by Crippen LogP contribution is 2.30. The minimum absolute atomic E-state index is 0.00556. The summed E-state index contributed by atoms with van der Waals surface area (Å²) in [6.45, 7) is 4.62. The fraction of sp³-hybridized carbons (Fsp3) is 0.429. The molecule has 2 amide bonds. The average Bonchev–Trinajstić information content (AvgIpc) is 2.41. The maximum Gasteiger partial charge on any atom is 0.265 e. The first kappa shape index (κ1) is 13.4. The Kier molecular flexibility index (Phi) is 4.04. The van der Waals surface area contributed by atoms with E-state index in [0.29, 0.717) is 18.8 Å². The van der Waals surface area contributed by atoms with Gasteiger partial charge in [0.1, 0.15) is 5.75 Å². The number of benzene rings is 1. The first-order valence-corrected chi connectivity index (χ1v) is 6.39. The summed E-state index contributed by atoms with van der Waals surface area (Å²) in [5.74, 6) is 0.566. The summed E-state index contributed by atoms with van der Waals surface area (Å²) >= 11 is 0. The molecule has 1 aromatic rings. The van der Waals surface area contributed by atoms with Gasteiger partial charge in [-0.15, -0.1) is 0 Å². The quantitative estimate of drug-likeness (QED) is 0.886. The van der Waals surface area contributed by atoms with Crippen molar-refractivity contribution in [3.05, 3.63) is 24.3 Å². The largest absolute Gasteiger partial charge is 0.482 e. The van der Waals surface area contributed by atoms with Crippen molar-refractivity contribution in [2.45, 2.75) is 13.8 Å². The van der Waals surface area contributed by atoms with E-state index in [0.717, 1.165) is 5.69 Å². The van der Waals surface area contributed by atoms with Crippen LogP contribution in [0.1, 0.15) is 13.8 Å². The summed E-state index contributed by atoms with van der Waals surface area (Å²) in [5.41, 5.74) is 0.762. The highest BCUT2D eigenvalue weighted by atomic mass is 16.5. The molecule has 1 aliphatic rings. The van der Waals surface area contributed by atoms with Crippen molar-refractivity contribution in [3.8, 4) is 5.75 Å². The third-order valence-electron chi connectivity index (χ3n) is 2.97. The predicted octanol–water partition coefficient (Wildman–Crippen LogP) is 1.18. The number of ether oxygens (including phenoxy) is 1. The van der Waals surface area contributed by atoms with Gasteiger partial charge in [0.15, 0.2) is 6.61 Å². The lowest BCUT2D eigenvalue weighted by molar-refractivity contribution is -0.124. The SMILES string of the molecule is CC(C)C(=O)NCCN1C(=O)COc2ccccc21. The Hall–Kier alpha value is -2.04. The van der Waals surface area contributed by atoms with Gasteiger partial charge in [0.25, 0.3) is 5.91 Å². The molecular weight excluding hydrogens is 244 g/mol. The van der Waals surface area contributed by atoms with Gasteiger partial charge < -0.3 is 15.0 Å². The molecule has 1 N–H and O–H groups in total. The topological polar surface area (TPSA) is 58.6 Å². The normalized spacial score (nSPS) is 14.1. The van der Waals surface area contributed by atoms with Crippen LogP contribution in [-0.2, 0) is 9.59 Å². The third-order valence-corrected chi connectivity index (χ3v) is 2.97. The Morgan fingerprint density at radius 3 is 2.89 bits per heavy atom. The maximum absolute atomic E-state index is 11.9. The second-order valence-corrected chi connectivity index (χ2v) is 4.75. The number of para-hydroxylation sites is 2. The fourth-order valence-corrected chi connectivity index (χ4v) is 1.89. The molecule has 19 heavy (non-hydrogen) atoms. The highest BCUT2D eigenvalue weighted by molar-refractivity contribution is 5.97. The van der Waals surface area contributed by atoms with E-state index in [1.807, 2.05) is 38.1 Å². The zero-order chi connectivity index (χ0) is 13.8. The maximum atomic E-state index is 11.9. The van der Waals surface area contributed by atoms with Crippen LogP contribution in [0.2, 0.25) is 0 Å². The van der Waals surface area contributed by atoms with Gasteiger partial charge >= 0.3 is 0 Å². The Morgan fingerprint density at radius 2 is 2.16 bits per heavy atom. The van der Waals surface area contributed by atoms with E-state index in [2.05, 4.69) is 5.32 Å². The Morgan fingerprint density at radius 1 is 1.42 bits per heavy atom. The lowest BCUT2D eigenvalue weighted by atomic mass is 10.2. The van der Waals surface area contributed by atoms with Crippen molar-refractivity contribution in [1.29, 1.82) is 0 Å². The lowest BCUT2D eigenvalue weighted by Gasteiger charge is -2.29. The Balaban J connectivity index is 2.00. The molecule has 2 rings (SSSR count). The van der Waals surface area contributed by atoms with E-state index in [9.17, 15) is 9.59 Å². The summed E-state index contributed by atoms with van der Waals surface area (Å²) in [6, 6.07) is 7.41. The molecule has 0 saturated carbocycles. The van der Waals surface area contributed by atoms with Crippen molar-refractivity contribution in [1.82, 2.24) is 5.32 Å². The predicted molar refractivity (Wildman–Crippen MR) is 72.1 cm³/mol. The number of rotatable bonds is 4. The van der Waals surface area contributed by atoms with Crippen molar-refractivity contribution >= 4 is 17.5 Å². The molecule has 0 aliphatic carbocycles. The average molecular weight is 262 g/mol. The number of hydrogen-bond acceptors (Lipinski definition) is 3. The van der Waals surface area contributed by atoms with Crippen LogP contribution in [0.5, 0.6) is 5.75 Å². The summed E-state index contributed by atoms with van der Waals surface area (Å²) in [4.78, 5) is 25.0. The minimum Gasteiger partial charge on any atom is -0.482 e. The van der Waals surface area contributed by atoms with Crippen molar-refractivity contribution in [3.63, 3.8) is 0 Å². The first-order valence-electron chi connectivity index (χ1n) is 6.39. The van der Waals surface area contributed by atoms with Crippen molar-refractivity contribution in [2.75, 3.05) is 24.6 Å². The molecule has 0 bridgehead atoms. The molecule has 0 radical (unpaired) electrons. The van der Waals surface area contributed by atoms with Gasteiger partial charge in [0.05, 0.1) is 5.69 Å². The fourth-order valence-electron chi connectivity index (χ4n) is 1.89. The van der Waals surface area contributed by atoms with E-state index < -0.39 is 0 Å². The number of nitrogens with one attached hydrogen (secondary N) is 1. The molecule has 1 aromatic carbocycles. The van der Waals surface area contributed by atoms with Gasteiger partial charge in [-0.3, -0.25) is 9.59 Å². The number of amides is 2. The molecule has 0 fully saturated rings. The second kappa shape index (κ2) is 5.73. The highest BCUT2D eigenvalue weighted by Gasteiger charge is 2.24. The molecule has 0 spiro atoms. The van der Waals surface area contributed by atoms with E-state index in [4.69, 9.17) is 4.74 Å². The summed E-state index contributed by atoms with van der Waals surface area (Å²) in [5, 5.41) is 2.81. The van der Waals surface area contributed by atoms with Crippen LogP contribution in [0.4, 0.5) is 5.69 Å². The smallest absolute Gasteiger partial charge is 0.265 e. The standard InChI is InChI=1S/C14H18N2O3/c1-10(2)14(18)15-7-8-16-11-5-3-4-6-12(11)19-9-13(16)17/h3-6,10H,7-9H2,1-2H3,(H,15,18). The molecule has 1 heterocycles. The van der Waals surface area contributed by atoms with Gasteiger partial charge in [0.2, 0.25) is 5.91 Å². The van der Waals surface area contributed by atoms with E-state index in [1.165, 1.54) is 0 Å². The van der Waals surface area contributed by atoms with Gasteiger partial charge in [-0.1, -0.05) is 26.0 Å². The van der Waals surface area contributed by atoms with Crippen LogP contribution in [0.15, 0.2) is 24.3 Å². The van der Waals surface area contributed by atoms with Crippen LogP contribution >= 0.6 is 0 Å². The van der Waals surface area contributed by atoms with Crippen LogP contribution in [0.3, 0.4) is 0 Å². The van der Waals surface area contributed by atoms with Crippen LogP contribution in [0.25, 0.3) is 0 Å². The number of anilines is 1. The summed E-state index contributed by atoms with van der Waals surface area (Å²) in [7, 11) is 0. The van der Waals surface area contributed by atoms with Crippen molar-refractivity contribution < 1.29 is 14.3 Å². The van der Waals surface area contributed by atoms with E-state index in [-0.39, 0.29) is 24.3 Å². The molecule has 0 aromatic heterocycles. The van der Waals surface area contributed by atoms with E-state index >= 15 is 0 Å². The Labute approximate surface area is 112 Å². The Bertz CT molecular complexity index is 485. The number of carbonyl (C=O) groups is 2. The zero-order valence-corrected chi connectivity index (χ0v) is 11.2. The molecule has 5 heteroatoms. The monoisotopic (exact) mass is 262 g/mol. The third kappa shape index (κ3) is 3.05. The summed E-state index contributed by atoms with van der Waals surface area (Å²) in [6.07, 6.45) is 0. The van der Waals surface area contributed by atoms with Gasteiger partial charge in [0, 0.05) is 19.0 Å². The van der Waals surface area contributed by atoms with Crippen LogP contribution < -0.4 is 15.0 Å². The summed E-state index contributed by atoms with van der Waals surface area (Å²) < 4.78 is 5.35. The van der Waals surface area contributed by atoms with Gasteiger partial charge in [-0.05, 0) is 12.1 Å². The van der Waals surface area contributed by atoms with Crippen LogP contribution in [0, 0.1) is 5.92 Å². The van der Waals surface area contributed by atoms with Crippen LogP contribution in [-0.4, -0.2) is 31.5 Å². The first-order chi connectivity index (χ1) is 9.09. The lowest BCUT2D eigenvalue weighted by Crippen LogP contribution is -2.43. The number of carbonyl (C=O) groups excluding carboxylic acids is 2. The molecule has 102 valence electrons. The molecule has 0 unspecified atom stereocenters. The molecule has 1 aliphatic heterocycles. The second-order valence-electron chi connectivity index (χ2n) is 4.75. The minimum atomic E-state index is -0.0857. The van der Waals surface area contributed by atoms with Crippen molar-refractivity contribution in [2.24, 2.45) is 5.92 Å². The molecule has 0 saturated heterocycles. The molecule has 0 atom stereocenters. The zero-order valence-electron chi connectivity index (χ0n) is 11.2. The van der Waals surface area contributed by atoms with E-state index in [1.54, 1.807) is 4.90 Å². The molecule has 5 nitrogen and oxygen atoms in total. The number of fused-ring (bicyclic) bond motifs is 1. The van der Waals surface area contributed by atoms with Gasteiger partial charge in [-0.2, -0.15) is 0 Å². The number of nitrogens with zero attached hydrogens (tertiary/aromatic N) is 1. The molecular formula is C14H18N2O3. The number of hydrogen-bond donors (Lipinski definition) is 1.